The standard InChI is InChI=1S/C13H10BrN3O3/c14-10-5-11(15-7-10)12(18)17-16-6-8-1-3-9(4-2-8)13(19)20/h1-7,15H,(H,17,18)(H,19,20)/b16-6-. The number of benzene rings is 1. The molecule has 1 heterocycles. The van der Waals surface area contributed by atoms with E-state index >= 15 is 0 Å². The Hall–Kier alpha value is -2.41. The minimum atomic E-state index is -0.987. The monoisotopic (exact) mass is 335 g/mol. The third kappa shape index (κ3) is 3.55. The van der Waals surface area contributed by atoms with E-state index in [2.05, 4.69) is 31.4 Å². The summed E-state index contributed by atoms with van der Waals surface area (Å²) in [6.07, 6.45) is 3.07. The van der Waals surface area contributed by atoms with Crippen LogP contribution in [-0.2, 0) is 0 Å². The van der Waals surface area contributed by atoms with E-state index in [-0.39, 0.29) is 11.5 Å². The molecule has 0 aliphatic carbocycles. The van der Waals surface area contributed by atoms with Crippen LogP contribution < -0.4 is 5.43 Å². The summed E-state index contributed by atoms with van der Waals surface area (Å²) in [5.74, 6) is -1.35. The second kappa shape index (κ2) is 6.16. The molecule has 0 aliphatic heterocycles. The molecule has 1 aromatic carbocycles. The zero-order valence-electron chi connectivity index (χ0n) is 10.1. The fourth-order valence-electron chi connectivity index (χ4n) is 1.44. The van der Waals surface area contributed by atoms with E-state index in [4.69, 9.17) is 5.11 Å². The lowest BCUT2D eigenvalue weighted by Gasteiger charge is -1.97. The number of carbonyl (C=O) groups is 2. The second-order valence-electron chi connectivity index (χ2n) is 3.86. The molecule has 102 valence electrons. The van der Waals surface area contributed by atoms with Gasteiger partial charge in [0.05, 0.1) is 11.8 Å². The van der Waals surface area contributed by atoms with Gasteiger partial charge in [-0.3, -0.25) is 4.79 Å². The number of halogens is 1. The summed E-state index contributed by atoms with van der Waals surface area (Å²) in [7, 11) is 0. The zero-order valence-corrected chi connectivity index (χ0v) is 11.7. The number of amides is 1. The summed E-state index contributed by atoms with van der Waals surface area (Å²) in [5, 5.41) is 12.5. The van der Waals surface area contributed by atoms with Gasteiger partial charge in [0, 0.05) is 10.7 Å². The van der Waals surface area contributed by atoms with Gasteiger partial charge in [0.25, 0.3) is 5.91 Å². The third-order valence-electron chi connectivity index (χ3n) is 2.43. The Morgan fingerprint density at radius 2 is 2.00 bits per heavy atom. The maximum absolute atomic E-state index is 11.6. The molecular weight excluding hydrogens is 326 g/mol. The average Bonchev–Trinajstić information content (AvgIpc) is 2.86. The van der Waals surface area contributed by atoms with Gasteiger partial charge in [-0.25, -0.2) is 10.2 Å². The highest BCUT2D eigenvalue weighted by atomic mass is 79.9. The van der Waals surface area contributed by atoms with Crippen molar-refractivity contribution in [3.05, 3.63) is 57.8 Å². The first kappa shape index (κ1) is 14.0. The van der Waals surface area contributed by atoms with Crippen molar-refractivity contribution in [3.63, 3.8) is 0 Å². The summed E-state index contributed by atoms with van der Waals surface area (Å²) >= 11 is 3.23. The number of carboxylic acid groups (broad SMARTS) is 1. The van der Waals surface area contributed by atoms with Gasteiger partial charge in [0.15, 0.2) is 0 Å². The number of aromatic nitrogens is 1. The first-order chi connectivity index (χ1) is 9.56. The Morgan fingerprint density at radius 3 is 2.55 bits per heavy atom. The third-order valence-corrected chi connectivity index (χ3v) is 2.89. The number of aromatic amines is 1. The highest BCUT2D eigenvalue weighted by molar-refractivity contribution is 9.10. The van der Waals surface area contributed by atoms with E-state index in [1.165, 1.54) is 18.3 Å². The normalized spacial score (nSPS) is 10.7. The molecule has 2 rings (SSSR count). The SMILES string of the molecule is O=C(O)c1ccc(/C=N\NC(=O)c2cc(Br)c[nH]2)cc1. The van der Waals surface area contributed by atoms with Crippen LogP contribution in [0.2, 0.25) is 0 Å². The molecule has 0 atom stereocenters. The minimum Gasteiger partial charge on any atom is -0.478 e. The molecule has 0 bridgehead atoms. The molecule has 0 fully saturated rings. The van der Waals surface area contributed by atoms with Crippen LogP contribution in [0.4, 0.5) is 0 Å². The summed E-state index contributed by atoms with van der Waals surface area (Å²) in [6.45, 7) is 0. The van der Waals surface area contributed by atoms with E-state index in [0.717, 1.165) is 4.47 Å². The van der Waals surface area contributed by atoms with Crippen LogP contribution >= 0.6 is 15.9 Å². The number of H-pyrrole nitrogens is 1. The predicted molar refractivity (Wildman–Crippen MR) is 77.0 cm³/mol. The molecule has 3 N–H and O–H groups in total. The maximum Gasteiger partial charge on any atom is 0.335 e. The highest BCUT2D eigenvalue weighted by Crippen LogP contribution is 2.10. The van der Waals surface area contributed by atoms with Crippen LogP contribution in [0.15, 0.2) is 46.1 Å². The molecule has 20 heavy (non-hydrogen) atoms. The van der Waals surface area contributed by atoms with Gasteiger partial charge >= 0.3 is 5.97 Å². The van der Waals surface area contributed by atoms with Crippen molar-refractivity contribution in [1.82, 2.24) is 10.4 Å². The molecule has 6 nitrogen and oxygen atoms in total. The number of hydrogen-bond donors (Lipinski definition) is 3. The van der Waals surface area contributed by atoms with Crippen LogP contribution in [-0.4, -0.2) is 28.2 Å². The van der Waals surface area contributed by atoms with Crippen LogP contribution in [0.5, 0.6) is 0 Å². The van der Waals surface area contributed by atoms with Crippen LogP contribution in [0.1, 0.15) is 26.4 Å². The van der Waals surface area contributed by atoms with Crippen molar-refractivity contribution in [2.24, 2.45) is 5.10 Å². The van der Waals surface area contributed by atoms with E-state index in [9.17, 15) is 9.59 Å². The average molecular weight is 336 g/mol. The van der Waals surface area contributed by atoms with Gasteiger partial charge in [0.1, 0.15) is 5.69 Å². The summed E-state index contributed by atoms with van der Waals surface area (Å²) in [5.41, 5.74) is 3.62. The molecule has 0 spiro atoms. The van der Waals surface area contributed by atoms with Crippen LogP contribution in [0.3, 0.4) is 0 Å². The lowest BCUT2D eigenvalue weighted by molar-refractivity contribution is 0.0696. The van der Waals surface area contributed by atoms with Gasteiger partial charge in [0.2, 0.25) is 0 Å². The fraction of sp³-hybridized carbons (Fsp3) is 0. The number of hydrogen-bond acceptors (Lipinski definition) is 3. The molecule has 1 aromatic heterocycles. The Balaban J connectivity index is 1.96. The van der Waals surface area contributed by atoms with Crippen molar-refractivity contribution in [2.75, 3.05) is 0 Å². The molecule has 0 saturated carbocycles. The Bertz CT molecular complexity index is 662. The fourth-order valence-corrected chi connectivity index (χ4v) is 1.78. The first-order valence-corrected chi connectivity index (χ1v) is 6.36. The highest BCUT2D eigenvalue weighted by Gasteiger charge is 2.06. The second-order valence-corrected chi connectivity index (χ2v) is 4.77. The number of nitrogens with zero attached hydrogens (tertiary/aromatic N) is 1. The topological polar surface area (TPSA) is 94.5 Å². The Labute approximate surface area is 122 Å². The van der Waals surface area contributed by atoms with Gasteiger partial charge < -0.3 is 10.1 Å². The van der Waals surface area contributed by atoms with Gasteiger partial charge in [-0.15, -0.1) is 0 Å². The van der Waals surface area contributed by atoms with Crippen molar-refractivity contribution < 1.29 is 14.7 Å². The Kier molecular flexibility index (Phi) is 4.31. The smallest absolute Gasteiger partial charge is 0.335 e. The van der Waals surface area contributed by atoms with Crippen molar-refractivity contribution in [3.8, 4) is 0 Å². The van der Waals surface area contributed by atoms with Crippen molar-refractivity contribution >= 4 is 34.0 Å². The number of aromatic carboxylic acids is 1. The minimum absolute atomic E-state index is 0.197. The number of nitrogens with one attached hydrogen (secondary N) is 2. The van der Waals surface area contributed by atoms with Crippen LogP contribution in [0.25, 0.3) is 0 Å². The molecule has 7 heteroatoms. The van der Waals surface area contributed by atoms with Gasteiger partial charge in [-0.2, -0.15) is 5.10 Å². The van der Waals surface area contributed by atoms with Gasteiger partial charge in [-0.05, 0) is 39.7 Å². The molecule has 0 saturated heterocycles. The first-order valence-electron chi connectivity index (χ1n) is 5.57. The number of carbonyl (C=O) groups excluding carboxylic acids is 1. The molecule has 0 unspecified atom stereocenters. The van der Waals surface area contributed by atoms with Gasteiger partial charge in [-0.1, -0.05) is 12.1 Å². The maximum atomic E-state index is 11.6. The Morgan fingerprint density at radius 1 is 1.30 bits per heavy atom. The summed E-state index contributed by atoms with van der Waals surface area (Å²) < 4.78 is 0.774. The van der Waals surface area contributed by atoms with E-state index in [1.54, 1.807) is 24.4 Å². The lowest BCUT2D eigenvalue weighted by atomic mass is 10.1. The van der Waals surface area contributed by atoms with Crippen molar-refractivity contribution in [2.45, 2.75) is 0 Å². The van der Waals surface area contributed by atoms with E-state index < -0.39 is 5.97 Å². The lowest BCUT2D eigenvalue weighted by Crippen LogP contribution is -2.17. The quantitative estimate of drug-likeness (QED) is 0.590. The molecule has 1 amide bonds. The summed E-state index contributed by atoms with van der Waals surface area (Å²) in [4.78, 5) is 25.1. The predicted octanol–water partition coefficient (Wildman–Crippen LogP) is 2.24. The molecule has 0 radical (unpaired) electrons. The van der Waals surface area contributed by atoms with Crippen molar-refractivity contribution in [1.29, 1.82) is 0 Å². The number of hydrazone groups is 1. The number of carboxylic acids is 1. The number of rotatable bonds is 4. The van der Waals surface area contributed by atoms with Crippen LogP contribution in [0, 0.1) is 0 Å². The zero-order chi connectivity index (χ0) is 14.5. The largest absolute Gasteiger partial charge is 0.478 e. The van der Waals surface area contributed by atoms with E-state index in [0.29, 0.717) is 11.3 Å². The van der Waals surface area contributed by atoms with E-state index in [1.807, 2.05) is 0 Å². The summed E-state index contributed by atoms with van der Waals surface area (Å²) in [6, 6.07) is 7.77. The molecule has 0 aliphatic rings. The molecular formula is C13H10BrN3O3. The molecule has 2 aromatic rings.